The SMILES string of the molecule is CN=C(NCCN1C(=O)C2C3C=CC(C3)C2C1=O)NCc1ccn(-c2ccc(OC)cc2)n1. The number of guanidine groups is 1. The van der Waals surface area contributed by atoms with Crippen molar-refractivity contribution >= 4 is 17.8 Å². The lowest BCUT2D eigenvalue weighted by Gasteiger charge is -2.18. The fourth-order valence-corrected chi connectivity index (χ4v) is 5.20. The number of rotatable bonds is 7. The van der Waals surface area contributed by atoms with E-state index in [1.54, 1.807) is 18.8 Å². The molecule has 172 valence electrons. The smallest absolute Gasteiger partial charge is 0.233 e. The van der Waals surface area contributed by atoms with Gasteiger partial charge in [-0.1, -0.05) is 12.2 Å². The predicted octanol–water partition coefficient (Wildman–Crippen LogP) is 1.35. The third kappa shape index (κ3) is 3.88. The molecule has 2 heterocycles. The first kappa shape index (κ1) is 21.2. The number of nitrogens with zero attached hydrogens (tertiary/aromatic N) is 4. The molecule has 0 radical (unpaired) electrons. The lowest BCUT2D eigenvalue weighted by Crippen LogP contribution is -2.43. The van der Waals surface area contributed by atoms with Crippen molar-refractivity contribution < 1.29 is 14.3 Å². The Morgan fingerprint density at radius 2 is 1.79 bits per heavy atom. The lowest BCUT2D eigenvalue weighted by molar-refractivity contribution is -0.140. The number of carbonyl (C=O) groups is 2. The molecular weight excluding hydrogens is 420 g/mol. The molecule has 2 amide bonds. The minimum Gasteiger partial charge on any atom is -0.497 e. The van der Waals surface area contributed by atoms with Crippen LogP contribution in [0.5, 0.6) is 5.75 Å². The van der Waals surface area contributed by atoms with E-state index >= 15 is 0 Å². The van der Waals surface area contributed by atoms with Crippen molar-refractivity contribution in [2.24, 2.45) is 28.7 Å². The van der Waals surface area contributed by atoms with Crippen LogP contribution in [0.2, 0.25) is 0 Å². The second-order valence-corrected chi connectivity index (χ2v) is 8.63. The fourth-order valence-electron chi connectivity index (χ4n) is 5.20. The highest BCUT2D eigenvalue weighted by Gasteiger charge is 2.58. The molecule has 1 aliphatic heterocycles. The highest BCUT2D eigenvalue weighted by molar-refractivity contribution is 6.06. The van der Waals surface area contributed by atoms with Crippen molar-refractivity contribution in [3.63, 3.8) is 0 Å². The number of likely N-dealkylation sites (tertiary alicyclic amines) is 1. The second kappa shape index (κ2) is 8.73. The monoisotopic (exact) mass is 448 g/mol. The van der Waals surface area contributed by atoms with Crippen molar-refractivity contribution in [1.29, 1.82) is 0 Å². The van der Waals surface area contributed by atoms with Crippen molar-refractivity contribution in [1.82, 2.24) is 25.3 Å². The van der Waals surface area contributed by atoms with Gasteiger partial charge in [-0.2, -0.15) is 5.10 Å². The number of aromatic nitrogens is 2. The number of hydrogen-bond donors (Lipinski definition) is 2. The van der Waals surface area contributed by atoms with Gasteiger partial charge in [-0.25, -0.2) is 4.68 Å². The molecule has 2 aromatic rings. The molecule has 1 saturated heterocycles. The van der Waals surface area contributed by atoms with E-state index < -0.39 is 0 Å². The molecular formula is C24H28N6O3. The number of aliphatic imine (C=N–C) groups is 1. The van der Waals surface area contributed by atoms with E-state index in [4.69, 9.17) is 4.74 Å². The Morgan fingerprint density at radius 3 is 2.42 bits per heavy atom. The van der Waals surface area contributed by atoms with E-state index in [2.05, 4.69) is 32.9 Å². The summed E-state index contributed by atoms with van der Waals surface area (Å²) in [5, 5.41) is 11.0. The molecule has 1 aromatic carbocycles. The minimum atomic E-state index is -0.147. The highest BCUT2D eigenvalue weighted by Crippen LogP contribution is 2.52. The van der Waals surface area contributed by atoms with Gasteiger partial charge in [0, 0.05) is 26.3 Å². The normalized spacial score (nSPS) is 25.6. The first-order valence-corrected chi connectivity index (χ1v) is 11.3. The zero-order valence-electron chi connectivity index (χ0n) is 18.8. The van der Waals surface area contributed by atoms with Gasteiger partial charge in [0.15, 0.2) is 5.96 Å². The summed E-state index contributed by atoms with van der Waals surface area (Å²) in [5.74, 6) is 1.54. The number of benzene rings is 1. The number of carbonyl (C=O) groups excluding carboxylic acids is 2. The maximum absolute atomic E-state index is 12.8. The van der Waals surface area contributed by atoms with E-state index in [0.29, 0.717) is 25.6 Å². The van der Waals surface area contributed by atoms with Gasteiger partial charge in [0.25, 0.3) is 0 Å². The third-order valence-corrected chi connectivity index (χ3v) is 6.83. The van der Waals surface area contributed by atoms with E-state index in [1.807, 2.05) is 36.5 Å². The van der Waals surface area contributed by atoms with Crippen LogP contribution >= 0.6 is 0 Å². The zero-order chi connectivity index (χ0) is 22.9. The Labute approximate surface area is 192 Å². The van der Waals surface area contributed by atoms with Gasteiger partial charge < -0.3 is 15.4 Å². The van der Waals surface area contributed by atoms with Crippen LogP contribution in [-0.4, -0.2) is 59.7 Å². The summed E-state index contributed by atoms with van der Waals surface area (Å²) in [6.45, 7) is 1.28. The molecule has 9 nitrogen and oxygen atoms in total. The molecule has 9 heteroatoms. The standard InChI is InChI=1S/C24H28N6O3/c1-25-24(27-14-17-9-11-30(28-17)18-5-7-19(33-2)8-6-18)26-10-12-29-22(31)20-15-3-4-16(13-15)21(20)23(29)32/h3-9,11,15-16,20-21H,10,12-14H2,1-2H3,(H2,25,26,27). The van der Waals surface area contributed by atoms with Crippen LogP contribution in [0, 0.1) is 23.7 Å². The summed E-state index contributed by atoms with van der Waals surface area (Å²) in [6, 6.07) is 9.61. The van der Waals surface area contributed by atoms with Crippen LogP contribution in [0.4, 0.5) is 0 Å². The molecule has 1 saturated carbocycles. The molecule has 2 N–H and O–H groups in total. The van der Waals surface area contributed by atoms with Crippen LogP contribution in [0.3, 0.4) is 0 Å². The van der Waals surface area contributed by atoms with Crippen LogP contribution in [0.25, 0.3) is 5.69 Å². The summed E-state index contributed by atoms with van der Waals surface area (Å²) in [5.41, 5.74) is 1.80. The minimum absolute atomic E-state index is 0.0179. The first-order chi connectivity index (χ1) is 16.1. The predicted molar refractivity (Wildman–Crippen MR) is 123 cm³/mol. The average Bonchev–Trinajstić information content (AvgIpc) is 3.62. The lowest BCUT2D eigenvalue weighted by atomic mass is 9.85. The Hall–Kier alpha value is -3.62. The van der Waals surface area contributed by atoms with Crippen LogP contribution in [0.15, 0.2) is 53.7 Å². The van der Waals surface area contributed by atoms with Gasteiger partial charge in [-0.05, 0) is 48.6 Å². The Balaban J connectivity index is 1.11. The van der Waals surface area contributed by atoms with Gasteiger partial charge in [-0.3, -0.25) is 19.5 Å². The molecule has 4 unspecified atom stereocenters. The first-order valence-electron chi connectivity index (χ1n) is 11.3. The summed E-state index contributed by atoms with van der Waals surface area (Å²) in [6.07, 6.45) is 7.07. The number of ether oxygens (including phenoxy) is 1. The topological polar surface area (TPSA) is 101 Å². The fraction of sp³-hybridized carbons (Fsp3) is 0.417. The van der Waals surface area contributed by atoms with Crippen molar-refractivity contribution in [3.05, 3.63) is 54.4 Å². The Bertz CT molecular complexity index is 1080. The molecule has 5 rings (SSSR count). The average molecular weight is 449 g/mol. The van der Waals surface area contributed by atoms with Gasteiger partial charge in [0.2, 0.25) is 11.8 Å². The molecule has 0 spiro atoms. The van der Waals surface area contributed by atoms with Crippen LogP contribution in [0.1, 0.15) is 12.1 Å². The quantitative estimate of drug-likeness (QED) is 0.287. The maximum atomic E-state index is 12.8. The number of allylic oxidation sites excluding steroid dienone is 2. The van der Waals surface area contributed by atoms with E-state index in [9.17, 15) is 9.59 Å². The van der Waals surface area contributed by atoms with Gasteiger partial charge >= 0.3 is 0 Å². The number of imide groups is 1. The number of amides is 2. The molecule has 1 aromatic heterocycles. The van der Waals surface area contributed by atoms with Crippen LogP contribution in [-0.2, 0) is 16.1 Å². The Morgan fingerprint density at radius 1 is 1.09 bits per heavy atom. The Kier molecular flexibility index (Phi) is 5.62. The van der Waals surface area contributed by atoms with E-state index in [1.165, 1.54) is 4.90 Å². The number of nitrogens with one attached hydrogen (secondary N) is 2. The molecule has 33 heavy (non-hydrogen) atoms. The molecule has 2 bridgehead atoms. The maximum Gasteiger partial charge on any atom is 0.233 e. The van der Waals surface area contributed by atoms with Gasteiger partial charge in [-0.15, -0.1) is 0 Å². The van der Waals surface area contributed by atoms with E-state index in [-0.39, 0.29) is 35.5 Å². The summed E-state index contributed by atoms with van der Waals surface area (Å²) in [7, 11) is 3.33. The van der Waals surface area contributed by atoms with Crippen molar-refractivity contribution in [3.8, 4) is 11.4 Å². The summed E-state index contributed by atoms with van der Waals surface area (Å²) < 4.78 is 6.99. The number of methoxy groups -OCH3 is 1. The van der Waals surface area contributed by atoms with Crippen LogP contribution < -0.4 is 15.4 Å². The number of fused-ring (bicyclic) bond motifs is 5. The van der Waals surface area contributed by atoms with E-state index in [0.717, 1.165) is 23.6 Å². The summed E-state index contributed by atoms with van der Waals surface area (Å²) >= 11 is 0. The second-order valence-electron chi connectivity index (χ2n) is 8.63. The molecule has 2 fully saturated rings. The molecule has 2 aliphatic carbocycles. The van der Waals surface area contributed by atoms with Crippen molar-refractivity contribution in [2.75, 3.05) is 27.2 Å². The molecule has 4 atom stereocenters. The van der Waals surface area contributed by atoms with Gasteiger partial charge in [0.05, 0.1) is 36.9 Å². The number of hydrogen-bond acceptors (Lipinski definition) is 5. The largest absolute Gasteiger partial charge is 0.497 e. The van der Waals surface area contributed by atoms with Crippen molar-refractivity contribution in [2.45, 2.75) is 13.0 Å². The molecule has 3 aliphatic rings. The summed E-state index contributed by atoms with van der Waals surface area (Å²) in [4.78, 5) is 31.2. The third-order valence-electron chi connectivity index (χ3n) is 6.83. The zero-order valence-corrected chi connectivity index (χ0v) is 18.8. The van der Waals surface area contributed by atoms with Gasteiger partial charge in [0.1, 0.15) is 5.75 Å². The highest BCUT2D eigenvalue weighted by atomic mass is 16.5.